The van der Waals surface area contributed by atoms with Gasteiger partial charge in [-0.05, 0) is 17.7 Å². The summed E-state index contributed by atoms with van der Waals surface area (Å²) in [6.07, 6.45) is 2.15. The molecule has 0 radical (unpaired) electrons. The van der Waals surface area contributed by atoms with E-state index in [0.717, 1.165) is 29.0 Å². The summed E-state index contributed by atoms with van der Waals surface area (Å²) in [4.78, 5) is 33.1. The number of aromatic amines is 1. The summed E-state index contributed by atoms with van der Waals surface area (Å²) < 4.78 is 14.9. The Morgan fingerprint density at radius 1 is 1.29 bits per heavy atom. The predicted octanol–water partition coefficient (Wildman–Crippen LogP) is 0.822. The van der Waals surface area contributed by atoms with Gasteiger partial charge in [0.25, 0.3) is 11.1 Å². The van der Waals surface area contributed by atoms with Gasteiger partial charge >= 0.3 is 5.97 Å². The second-order valence-electron chi connectivity index (χ2n) is 4.26. The SMILES string of the molecule is O=C(O)C=Cc1ccc(Cn2[nH]c(=O)ccc2=O)c(F)c1. The van der Waals surface area contributed by atoms with Crippen LogP contribution in [0.4, 0.5) is 4.39 Å². The van der Waals surface area contributed by atoms with E-state index in [1.54, 1.807) is 0 Å². The minimum absolute atomic E-state index is 0.121. The average Bonchev–Trinajstić information content (AvgIpc) is 2.43. The highest BCUT2D eigenvalue weighted by Gasteiger charge is 2.05. The van der Waals surface area contributed by atoms with Crippen LogP contribution in [0.1, 0.15) is 11.1 Å². The first-order valence-corrected chi connectivity index (χ1v) is 5.95. The lowest BCUT2D eigenvalue weighted by Crippen LogP contribution is -2.28. The molecule has 0 aliphatic heterocycles. The minimum Gasteiger partial charge on any atom is -0.478 e. The highest BCUT2D eigenvalue weighted by atomic mass is 19.1. The van der Waals surface area contributed by atoms with Crippen molar-refractivity contribution in [1.29, 1.82) is 0 Å². The van der Waals surface area contributed by atoms with Crippen LogP contribution in [0, 0.1) is 5.82 Å². The van der Waals surface area contributed by atoms with E-state index >= 15 is 0 Å². The number of carboxylic acids is 1. The minimum atomic E-state index is -1.13. The monoisotopic (exact) mass is 290 g/mol. The van der Waals surface area contributed by atoms with E-state index in [1.807, 2.05) is 0 Å². The Morgan fingerprint density at radius 2 is 2.05 bits per heavy atom. The van der Waals surface area contributed by atoms with Gasteiger partial charge in [0.1, 0.15) is 5.82 Å². The van der Waals surface area contributed by atoms with Crippen LogP contribution in [0.15, 0.2) is 46.0 Å². The fourth-order valence-corrected chi connectivity index (χ4v) is 1.71. The maximum absolute atomic E-state index is 13.9. The number of nitrogens with zero attached hydrogens (tertiary/aromatic N) is 1. The Kier molecular flexibility index (Phi) is 4.13. The van der Waals surface area contributed by atoms with Crippen molar-refractivity contribution in [2.75, 3.05) is 0 Å². The number of carbonyl (C=O) groups is 1. The van der Waals surface area contributed by atoms with Gasteiger partial charge in [-0.15, -0.1) is 0 Å². The maximum Gasteiger partial charge on any atom is 0.328 e. The highest BCUT2D eigenvalue weighted by Crippen LogP contribution is 2.12. The Balaban J connectivity index is 2.29. The van der Waals surface area contributed by atoms with E-state index in [4.69, 9.17) is 5.11 Å². The summed E-state index contributed by atoms with van der Waals surface area (Å²) in [5.74, 6) is -1.73. The zero-order valence-electron chi connectivity index (χ0n) is 10.7. The van der Waals surface area contributed by atoms with Crippen LogP contribution in [0.2, 0.25) is 0 Å². The molecule has 21 heavy (non-hydrogen) atoms. The fourth-order valence-electron chi connectivity index (χ4n) is 1.71. The zero-order chi connectivity index (χ0) is 15.4. The number of carboxylic acid groups (broad SMARTS) is 1. The molecule has 0 aliphatic rings. The van der Waals surface area contributed by atoms with E-state index in [-0.39, 0.29) is 12.1 Å². The lowest BCUT2D eigenvalue weighted by molar-refractivity contribution is -0.131. The molecule has 2 N–H and O–H groups in total. The van der Waals surface area contributed by atoms with Gasteiger partial charge in [0.15, 0.2) is 0 Å². The van der Waals surface area contributed by atoms with Gasteiger partial charge in [0, 0.05) is 23.8 Å². The van der Waals surface area contributed by atoms with Crippen LogP contribution in [0.3, 0.4) is 0 Å². The van der Waals surface area contributed by atoms with Crippen LogP contribution >= 0.6 is 0 Å². The van der Waals surface area contributed by atoms with Gasteiger partial charge < -0.3 is 5.11 Å². The molecule has 0 spiro atoms. The molecular formula is C14H11FN2O4. The highest BCUT2D eigenvalue weighted by molar-refractivity contribution is 5.85. The van der Waals surface area contributed by atoms with Crippen molar-refractivity contribution < 1.29 is 14.3 Å². The van der Waals surface area contributed by atoms with Crippen LogP contribution in [0.25, 0.3) is 6.08 Å². The second-order valence-corrected chi connectivity index (χ2v) is 4.26. The number of aromatic nitrogens is 2. The molecule has 0 saturated heterocycles. The van der Waals surface area contributed by atoms with Crippen molar-refractivity contribution in [3.05, 3.63) is 74.1 Å². The summed E-state index contributed by atoms with van der Waals surface area (Å²) in [6, 6.07) is 6.29. The van der Waals surface area contributed by atoms with Crippen LogP contribution in [-0.2, 0) is 11.3 Å². The number of benzene rings is 1. The van der Waals surface area contributed by atoms with Crippen molar-refractivity contribution in [1.82, 2.24) is 9.78 Å². The topological polar surface area (TPSA) is 92.2 Å². The van der Waals surface area contributed by atoms with Gasteiger partial charge in [-0.2, -0.15) is 0 Å². The summed E-state index contributed by atoms with van der Waals surface area (Å²) >= 11 is 0. The largest absolute Gasteiger partial charge is 0.478 e. The molecule has 0 unspecified atom stereocenters. The van der Waals surface area contributed by atoms with E-state index in [9.17, 15) is 18.8 Å². The molecule has 2 rings (SSSR count). The van der Waals surface area contributed by atoms with Crippen molar-refractivity contribution in [3.8, 4) is 0 Å². The molecule has 6 nitrogen and oxygen atoms in total. The van der Waals surface area contributed by atoms with Gasteiger partial charge in [-0.3, -0.25) is 14.7 Å². The van der Waals surface area contributed by atoms with E-state index in [2.05, 4.69) is 5.10 Å². The van der Waals surface area contributed by atoms with Gasteiger partial charge in [-0.25, -0.2) is 13.9 Å². The van der Waals surface area contributed by atoms with Gasteiger partial charge in [-0.1, -0.05) is 12.1 Å². The van der Waals surface area contributed by atoms with E-state index in [0.29, 0.717) is 5.56 Å². The molecule has 0 aliphatic carbocycles. The third kappa shape index (κ3) is 3.75. The molecule has 0 atom stereocenters. The first-order chi connectivity index (χ1) is 9.95. The molecule has 2 aromatic rings. The number of H-pyrrole nitrogens is 1. The van der Waals surface area contributed by atoms with Crippen molar-refractivity contribution in [2.24, 2.45) is 0 Å². The number of rotatable bonds is 4. The number of halogens is 1. The smallest absolute Gasteiger partial charge is 0.328 e. The summed E-state index contributed by atoms with van der Waals surface area (Å²) in [7, 11) is 0. The molecule has 108 valence electrons. The Morgan fingerprint density at radius 3 is 2.71 bits per heavy atom. The number of hydrogen-bond donors (Lipinski definition) is 2. The Labute approximate surface area is 117 Å². The molecule has 1 heterocycles. The molecular weight excluding hydrogens is 279 g/mol. The summed E-state index contributed by atoms with van der Waals surface area (Å²) in [5, 5.41) is 10.8. The Bertz CT molecular complexity index is 820. The van der Waals surface area contributed by atoms with Crippen LogP contribution < -0.4 is 11.1 Å². The lowest BCUT2D eigenvalue weighted by Gasteiger charge is -2.06. The lowest BCUT2D eigenvalue weighted by atomic mass is 10.1. The third-order valence-electron chi connectivity index (χ3n) is 2.71. The number of nitrogens with one attached hydrogen (secondary N) is 1. The number of hydrogen-bond acceptors (Lipinski definition) is 3. The molecule has 1 aromatic heterocycles. The van der Waals surface area contributed by atoms with Crippen molar-refractivity contribution in [2.45, 2.75) is 6.54 Å². The van der Waals surface area contributed by atoms with Gasteiger partial charge in [0.2, 0.25) is 0 Å². The quantitative estimate of drug-likeness (QED) is 0.815. The van der Waals surface area contributed by atoms with E-state index in [1.165, 1.54) is 18.2 Å². The van der Waals surface area contributed by atoms with E-state index < -0.39 is 22.9 Å². The molecule has 7 heteroatoms. The van der Waals surface area contributed by atoms with Crippen LogP contribution in [0.5, 0.6) is 0 Å². The standard InChI is InChI=1S/C14H11FN2O4/c15-11-7-9(2-6-14(20)21)1-3-10(11)8-17-13(19)5-4-12(18)16-17/h1-7H,8H2,(H,16,18)(H,20,21). The average molecular weight is 290 g/mol. The van der Waals surface area contributed by atoms with Crippen LogP contribution in [-0.4, -0.2) is 20.9 Å². The maximum atomic E-state index is 13.9. The molecule has 0 saturated carbocycles. The number of aliphatic carboxylic acids is 1. The molecule has 0 bridgehead atoms. The molecule has 0 fully saturated rings. The van der Waals surface area contributed by atoms with Crippen molar-refractivity contribution >= 4 is 12.0 Å². The summed E-state index contributed by atoms with van der Waals surface area (Å²) in [5.41, 5.74) is -0.334. The third-order valence-corrected chi connectivity index (χ3v) is 2.71. The zero-order valence-corrected chi connectivity index (χ0v) is 10.7. The Hall–Kier alpha value is -2.96. The molecule has 0 amide bonds. The molecule has 1 aromatic carbocycles. The normalized spacial score (nSPS) is 10.9. The first kappa shape index (κ1) is 14.4. The fraction of sp³-hybridized carbons (Fsp3) is 0.0714. The predicted molar refractivity (Wildman–Crippen MR) is 73.5 cm³/mol. The second kappa shape index (κ2) is 6.00. The first-order valence-electron chi connectivity index (χ1n) is 5.95. The van der Waals surface area contributed by atoms with Gasteiger partial charge in [0.05, 0.1) is 6.54 Å². The van der Waals surface area contributed by atoms with Crippen molar-refractivity contribution in [3.63, 3.8) is 0 Å². The summed E-state index contributed by atoms with van der Waals surface area (Å²) in [6.45, 7) is -0.121.